The summed E-state index contributed by atoms with van der Waals surface area (Å²) in [4.78, 5) is 21.0. The SMILES string of the molecule is O=C(O)CC#Cc1ccc(C(=O)C(F)(F)F)cc1. The Balaban J connectivity index is 2.83. The molecule has 0 bridgehead atoms. The van der Waals surface area contributed by atoms with Crippen LogP contribution in [0.2, 0.25) is 0 Å². The summed E-state index contributed by atoms with van der Waals surface area (Å²) < 4.78 is 36.3. The molecule has 0 atom stereocenters. The van der Waals surface area contributed by atoms with Crippen molar-refractivity contribution in [2.24, 2.45) is 0 Å². The summed E-state index contributed by atoms with van der Waals surface area (Å²) in [6.45, 7) is 0. The monoisotopic (exact) mass is 256 g/mol. The first kappa shape index (κ1) is 13.8. The number of ketones is 1. The van der Waals surface area contributed by atoms with E-state index in [1.54, 1.807) is 0 Å². The van der Waals surface area contributed by atoms with Gasteiger partial charge in [0.25, 0.3) is 5.78 Å². The smallest absolute Gasteiger partial charge is 0.454 e. The van der Waals surface area contributed by atoms with E-state index >= 15 is 0 Å². The van der Waals surface area contributed by atoms with Crippen LogP contribution in [0.15, 0.2) is 24.3 Å². The molecule has 0 unspecified atom stereocenters. The topological polar surface area (TPSA) is 54.4 Å². The van der Waals surface area contributed by atoms with Gasteiger partial charge < -0.3 is 5.11 Å². The summed E-state index contributed by atoms with van der Waals surface area (Å²) in [5.41, 5.74) is -0.138. The fraction of sp³-hybridized carbons (Fsp3) is 0.167. The van der Waals surface area contributed by atoms with Crippen molar-refractivity contribution in [3.63, 3.8) is 0 Å². The maximum Gasteiger partial charge on any atom is 0.454 e. The second kappa shape index (κ2) is 5.36. The van der Waals surface area contributed by atoms with Crippen molar-refractivity contribution < 1.29 is 27.9 Å². The van der Waals surface area contributed by atoms with E-state index in [9.17, 15) is 22.8 Å². The molecule has 1 rings (SSSR count). The molecule has 6 heteroatoms. The van der Waals surface area contributed by atoms with Crippen molar-refractivity contribution in [3.8, 4) is 11.8 Å². The first-order valence-electron chi connectivity index (χ1n) is 4.73. The number of rotatable bonds is 2. The summed E-state index contributed by atoms with van der Waals surface area (Å²) in [5, 5.41) is 8.33. The van der Waals surface area contributed by atoms with Crippen molar-refractivity contribution in [2.75, 3.05) is 0 Å². The number of alkyl halides is 3. The van der Waals surface area contributed by atoms with Crippen LogP contribution in [0.5, 0.6) is 0 Å². The van der Waals surface area contributed by atoms with Crippen LogP contribution in [0.4, 0.5) is 13.2 Å². The minimum absolute atomic E-state index is 0.343. The van der Waals surface area contributed by atoms with Gasteiger partial charge in [0.1, 0.15) is 6.42 Å². The molecule has 0 aliphatic carbocycles. The van der Waals surface area contributed by atoms with Gasteiger partial charge in [-0.1, -0.05) is 11.8 Å². The van der Waals surface area contributed by atoms with Crippen LogP contribution in [0.3, 0.4) is 0 Å². The number of carbonyl (C=O) groups excluding carboxylic acids is 1. The van der Waals surface area contributed by atoms with Crippen LogP contribution in [-0.2, 0) is 4.79 Å². The van der Waals surface area contributed by atoms with Gasteiger partial charge in [-0.15, -0.1) is 0 Å². The Bertz CT molecular complexity index is 518. The zero-order chi connectivity index (χ0) is 13.8. The van der Waals surface area contributed by atoms with Crippen molar-refractivity contribution in [2.45, 2.75) is 12.6 Å². The third-order valence-corrected chi connectivity index (χ3v) is 1.88. The number of carboxylic acids is 1. The van der Waals surface area contributed by atoms with Gasteiger partial charge >= 0.3 is 12.1 Å². The van der Waals surface area contributed by atoms with Gasteiger partial charge in [0.05, 0.1) is 0 Å². The summed E-state index contributed by atoms with van der Waals surface area (Å²) >= 11 is 0. The number of benzene rings is 1. The van der Waals surface area contributed by atoms with Crippen molar-refractivity contribution in [3.05, 3.63) is 35.4 Å². The van der Waals surface area contributed by atoms with Gasteiger partial charge in [0, 0.05) is 11.1 Å². The predicted molar refractivity (Wildman–Crippen MR) is 56.0 cm³/mol. The molecule has 0 heterocycles. The molecule has 0 spiro atoms. The molecule has 0 aliphatic heterocycles. The first-order chi connectivity index (χ1) is 8.30. The van der Waals surface area contributed by atoms with E-state index in [2.05, 4.69) is 11.8 Å². The Kier molecular flexibility index (Phi) is 4.10. The Hall–Kier alpha value is -2.29. The van der Waals surface area contributed by atoms with Crippen LogP contribution in [-0.4, -0.2) is 23.0 Å². The third-order valence-electron chi connectivity index (χ3n) is 1.88. The van der Waals surface area contributed by atoms with E-state index < -0.39 is 23.5 Å². The lowest BCUT2D eigenvalue weighted by Gasteiger charge is -2.04. The number of aliphatic carboxylic acids is 1. The average Bonchev–Trinajstić information content (AvgIpc) is 2.27. The second-order valence-electron chi connectivity index (χ2n) is 3.28. The fourth-order valence-electron chi connectivity index (χ4n) is 1.09. The van der Waals surface area contributed by atoms with Crippen LogP contribution in [0.1, 0.15) is 22.3 Å². The molecule has 0 amide bonds. The van der Waals surface area contributed by atoms with E-state index in [-0.39, 0.29) is 6.42 Å². The molecule has 0 aliphatic rings. The normalized spacial score (nSPS) is 10.4. The molecule has 0 fully saturated rings. The van der Waals surface area contributed by atoms with Gasteiger partial charge in [0.2, 0.25) is 0 Å². The Labute approximate surface area is 100 Å². The van der Waals surface area contributed by atoms with Crippen molar-refractivity contribution in [1.82, 2.24) is 0 Å². The maximum atomic E-state index is 12.1. The van der Waals surface area contributed by atoms with Gasteiger partial charge in [-0.3, -0.25) is 9.59 Å². The van der Waals surface area contributed by atoms with Crippen molar-refractivity contribution in [1.29, 1.82) is 0 Å². The minimum Gasteiger partial charge on any atom is -0.481 e. The van der Waals surface area contributed by atoms with Crippen LogP contribution < -0.4 is 0 Å². The molecule has 3 nitrogen and oxygen atoms in total. The third kappa shape index (κ3) is 3.94. The molecular weight excluding hydrogens is 249 g/mol. The molecular formula is C12H7F3O3. The minimum atomic E-state index is -4.91. The second-order valence-corrected chi connectivity index (χ2v) is 3.28. The van der Waals surface area contributed by atoms with Crippen LogP contribution in [0.25, 0.3) is 0 Å². The standard InChI is InChI=1S/C12H7F3O3/c13-12(14,15)11(18)9-6-4-8(5-7-9)2-1-3-10(16)17/h4-7H,3H2,(H,16,17). The molecule has 0 aromatic heterocycles. The molecule has 0 saturated carbocycles. The van der Waals surface area contributed by atoms with E-state index in [1.807, 2.05) is 0 Å². The first-order valence-corrected chi connectivity index (χ1v) is 4.73. The molecule has 0 saturated heterocycles. The predicted octanol–water partition coefficient (Wildman–Crippen LogP) is 2.26. The van der Waals surface area contributed by atoms with Crippen LogP contribution in [0, 0.1) is 11.8 Å². The number of Topliss-reactive ketones (excluding diaryl/α,β-unsaturated/α-hetero) is 1. The largest absolute Gasteiger partial charge is 0.481 e. The lowest BCUT2D eigenvalue weighted by Crippen LogP contribution is -2.22. The number of carbonyl (C=O) groups is 2. The molecule has 18 heavy (non-hydrogen) atoms. The molecule has 1 aromatic carbocycles. The molecule has 1 N–H and O–H groups in total. The van der Waals surface area contributed by atoms with E-state index in [0.717, 1.165) is 12.1 Å². The highest BCUT2D eigenvalue weighted by Crippen LogP contribution is 2.21. The van der Waals surface area contributed by atoms with Crippen LogP contribution >= 0.6 is 0 Å². The highest BCUT2D eigenvalue weighted by molar-refractivity contribution is 6.00. The highest BCUT2D eigenvalue weighted by atomic mass is 19.4. The Morgan fingerprint density at radius 1 is 1.17 bits per heavy atom. The van der Waals surface area contributed by atoms with Crippen molar-refractivity contribution >= 4 is 11.8 Å². The number of halogens is 3. The summed E-state index contributed by atoms with van der Waals surface area (Å²) in [5.74, 6) is 1.77. The van der Waals surface area contributed by atoms with Gasteiger partial charge in [-0.2, -0.15) is 13.2 Å². The zero-order valence-corrected chi connectivity index (χ0v) is 8.91. The molecule has 1 aromatic rings. The van der Waals surface area contributed by atoms with Gasteiger partial charge in [-0.05, 0) is 24.3 Å². The number of hydrogen-bond donors (Lipinski definition) is 1. The lowest BCUT2D eigenvalue weighted by molar-refractivity contribution is -0.135. The molecule has 94 valence electrons. The number of hydrogen-bond acceptors (Lipinski definition) is 2. The Morgan fingerprint density at radius 3 is 2.17 bits per heavy atom. The number of carboxylic acid groups (broad SMARTS) is 1. The van der Waals surface area contributed by atoms with Gasteiger partial charge in [0.15, 0.2) is 0 Å². The van der Waals surface area contributed by atoms with E-state index in [1.165, 1.54) is 12.1 Å². The van der Waals surface area contributed by atoms with E-state index in [4.69, 9.17) is 5.11 Å². The average molecular weight is 256 g/mol. The van der Waals surface area contributed by atoms with E-state index in [0.29, 0.717) is 5.56 Å². The highest BCUT2D eigenvalue weighted by Gasteiger charge is 2.39. The maximum absolute atomic E-state index is 12.1. The fourth-order valence-corrected chi connectivity index (χ4v) is 1.09. The van der Waals surface area contributed by atoms with Gasteiger partial charge in [-0.25, -0.2) is 0 Å². The quantitative estimate of drug-likeness (QED) is 0.652. The Morgan fingerprint density at radius 2 is 1.72 bits per heavy atom. The summed E-state index contributed by atoms with van der Waals surface area (Å²) in [7, 11) is 0. The molecule has 0 radical (unpaired) electrons. The zero-order valence-electron chi connectivity index (χ0n) is 8.91. The summed E-state index contributed by atoms with van der Waals surface area (Å²) in [6, 6.07) is 4.46. The lowest BCUT2D eigenvalue weighted by atomic mass is 10.1. The summed E-state index contributed by atoms with van der Waals surface area (Å²) in [6.07, 6.45) is -5.26.